The Hall–Kier alpha value is -1.57. The quantitative estimate of drug-likeness (QED) is 0.782. The van der Waals surface area contributed by atoms with Crippen molar-refractivity contribution in [3.05, 3.63) is 39.5 Å². The summed E-state index contributed by atoms with van der Waals surface area (Å²) in [5.74, 6) is 1.24. The van der Waals surface area contributed by atoms with Gasteiger partial charge in [-0.15, -0.1) is 22.7 Å². The molecular weight excluding hydrogens is 292 g/mol. The Morgan fingerprint density at radius 2 is 2.25 bits per heavy atom. The second-order valence-corrected chi connectivity index (χ2v) is 6.26. The van der Waals surface area contributed by atoms with Crippen molar-refractivity contribution in [3.8, 4) is 10.7 Å². The molecule has 3 rings (SSSR count). The van der Waals surface area contributed by atoms with E-state index in [2.05, 4.69) is 32.7 Å². The van der Waals surface area contributed by atoms with Crippen molar-refractivity contribution >= 4 is 22.7 Å². The molecule has 1 unspecified atom stereocenters. The van der Waals surface area contributed by atoms with E-state index in [1.165, 1.54) is 0 Å². The molecule has 0 saturated carbocycles. The van der Waals surface area contributed by atoms with Crippen LogP contribution >= 0.6 is 22.7 Å². The maximum absolute atomic E-state index is 5.25. The van der Waals surface area contributed by atoms with Crippen LogP contribution in [0.1, 0.15) is 29.6 Å². The van der Waals surface area contributed by atoms with Gasteiger partial charge >= 0.3 is 0 Å². The molecule has 0 amide bonds. The van der Waals surface area contributed by atoms with Crippen molar-refractivity contribution in [2.24, 2.45) is 0 Å². The molecule has 1 atom stereocenters. The average Bonchev–Trinajstić information content (AvgIpc) is 3.16. The molecule has 0 aliphatic heterocycles. The molecule has 104 valence electrons. The van der Waals surface area contributed by atoms with Crippen molar-refractivity contribution in [1.82, 2.24) is 20.4 Å². The number of thiazole rings is 1. The number of thiophene rings is 1. The Morgan fingerprint density at radius 3 is 2.95 bits per heavy atom. The molecule has 3 aromatic heterocycles. The van der Waals surface area contributed by atoms with Gasteiger partial charge in [0, 0.05) is 11.1 Å². The predicted octanol–water partition coefficient (Wildman–Crippen LogP) is 3.41. The van der Waals surface area contributed by atoms with Crippen molar-refractivity contribution in [2.45, 2.75) is 26.4 Å². The highest BCUT2D eigenvalue weighted by molar-refractivity contribution is 7.13. The number of aromatic nitrogens is 3. The van der Waals surface area contributed by atoms with Gasteiger partial charge in [0.05, 0.1) is 17.5 Å². The Labute approximate surface area is 124 Å². The third kappa shape index (κ3) is 2.95. The first-order valence-corrected chi connectivity index (χ1v) is 8.00. The van der Waals surface area contributed by atoms with Crippen LogP contribution in [0.4, 0.5) is 0 Å². The maximum atomic E-state index is 5.25. The molecule has 1 N–H and O–H groups in total. The molecule has 0 saturated heterocycles. The van der Waals surface area contributed by atoms with Crippen LogP contribution in [0.2, 0.25) is 0 Å². The van der Waals surface area contributed by atoms with Gasteiger partial charge in [0.1, 0.15) is 5.01 Å². The van der Waals surface area contributed by atoms with Crippen LogP contribution in [0, 0.1) is 6.92 Å². The monoisotopic (exact) mass is 306 g/mol. The van der Waals surface area contributed by atoms with E-state index >= 15 is 0 Å². The SMILES string of the molecule is Cc1csc(C(C)NCc2nc(-c3cccs3)no2)n1. The van der Waals surface area contributed by atoms with Crippen LogP contribution in [-0.4, -0.2) is 15.1 Å². The van der Waals surface area contributed by atoms with Crippen molar-refractivity contribution in [2.75, 3.05) is 0 Å². The van der Waals surface area contributed by atoms with E-state index in [9.17, 15) is 0 Å². The highest BCUT2D eigenvalue weighted by atomic mass is 32.1. The fourth-order valence-electron chi connectivity index (χ4n) is 1.73. The molecule has 20 heavy (non-hydrogen) atoms. The summed E-state index contributed by atoms with van der Waals surface area (Å²) in [6.07, 6.45) is 0. The maximum Gasteiger partial charge on any atom is 0.240 e. The molecule has 0 aliphatic rings. The first-order valence-electron chi connectivity index (χ1n) is 6.24. The van der Waals surface area contributed by atoms with Gasteiger partial charge in [-0.2, -0.15) is 4.98 Å². The highest BCUT2D eigenvalue weighted by Crippen LogP contribution is 2.22. The van der Waals surface area contributed by atoms with Gasteiger partial charge in [-0.05, 0) is 25.3 Å². The topological polar surface area (TPSA) is 63.8 Å². The largest absolute Gasteiger partial charge is 0.338 e. The summed E-state index contributed by atoms with van der Waals surface area (Å²) in [6.45, 7) is 4.62. The first-order chi connectivity index (χ1) is 9.72. The molecule has 0 aromatic carbocycles. The zero-order valence-electron chi connectivity index (χ0n) is 11.2. The van der Waals surface area contributed by atoms with Crippen LogP contribution in [-0.2, 0) is 6.54 Å². The lowest BCUT2D eigenvalue weighted by molar-refractivity contribution is 0.360. The van der Waals surface area contributed by atoms with E-state index in [0.29, 0.717) is 18.3 Å². The summed E-state index contributed by atoms with van der Waals surface area (Å²) >= 11 is 3.26. The van der Waals surface area contributed by atoms with Gasteiger partial charge in [0.25, 0.3) is 0 Å². The second kappa shape index (κ2) is 5.82. The zero-order chi connectivity index (χ0) is 13.9. The summed E-state index contributed by atoms with van der Waals surface area (Å²) in [6, 6.07) is 4.13. The molecule has 3 aromatic rings. The fraction of sp³-hybridized carbons (Fsp3) is 0.308. The highest BCUT2D eigenvalue weighted by Gasteiger charge is 2.12. The van der Waals surface area contributed by atoms with E-state index < -0.39 is 0 Å². The smallest absolute Gasteiger partial charge is 0.240 e. The Balaban J connectivity index is 1.61. The predicted molar refractivity (Wildman–Crippen MR) is 79.7 cm³/mol. The minimum Gasteiger partial charge on any atom is -0.338 e. The molecule has 5 nitrogen and oxygen atoms in total. The minimum atomic E-state index is 0.172. The van der Waals surface area contributed by atoms with Crippen molar-refractivity contribution in [1.29, 1.82) is 0 Å². The van der Waals surface area contributed by atoms with Crippen molar-refractivity contribution < 1.29 is 4.52 Å². The Morgan fingerprint density at radius 1 is 1.35 bits per heavy atom. The van der Waals surface area contributed by atoms with E-state index in [0.717, 1.165) is 15.6 Å². The molecule has 0 bridgehead atoms. The summed E-state index contributed by atoms with van der Waals surface area (Å²) < 4.78 is 5.25. The second-order valence-electron chi connectivity index (χ2n) is 4.42. The molecule has 0 spiro atoms. The lowest BCUT2D eigenvalue weighted by Gasteiger charge is -2.08. The van der Waals surface area contributed by atoms with E-state index in [4.69, 9.17) is 4.52 Å². The molecule has 0 fully saturated rings. The number of hydrogen-bond acceptors (Lipinski definition) is 7. The fourth-order valence-corrected chi connectivity index (χ4v) is 3.21. The zero-order valence-corrected chi connectivity index (χ0v) is 12.8. The summed E-state index contributed by atoms with van der Waals surface area (Å²) in [7, 11) is 0. The third-order valence-corrected chi connectivity index (χ3v) is 4.79. The molecule has 7 heteroatoms. The summed E-state index contributed by atoms with van der Waals surface area (Å²) in [4.78, 5) is 9.85. The van der Waals surface area contributed by atoms with Gasteiger partial charge in [0.2, 0.25) is 11.7 Å². The van der Waals surface area contributed by atoms with E-state index in [1.54, 1.807) is 22.7 Å². The van der Waals surface area contributed by atoms with Gasteiger partial charge < -0.3 is 4.52 Å². The van der Waals surface area contributed by atoms with E-state index in [1.807, 2.05) is 24.4 Å². The van der Waals surface area contributed by atoms with Crippen molar-refractivity contribution in [3.63, 3.8) is 0 Å². The minimum absolute atomic E-state index is 0.172. The van der Waals surface area contributed by atoms with Gasteiger partial charge in [0.15, 0.2) is 0 Å². The third-order valence-electron chi connectivity index (χ3n) is 2.78. The van der Waals surface area contributed by atoms with Crippen LogP contribution in [0.5, 0.6) is 0 Å². The Bertz CT molecular complexity index is 674. The average molecular weight is 306 g/mol. The number of rotatable bonds is 5. The number of nitrogens with zero attached hydrogens (tertiary/aromatic N) is 3. The van der Waals surface area contributed by atoms with Gasteiger partial charge in [-0.3, -0.25) is 5.32 Å². The summed E-state index contributed by atoms with van der Waals surface area (Å²) in [5.41, 5.74) is 1.05. The molecule has 0 aliphatic carbocycles. The molecular formula is C13H14N4OS2. The number of hydrogen-bond donors (Lipinski definition) is 1. The molecule has 0 radical (unpaired) electrons. The van der Waals surface area contributed by atoms with E-state index in [-0.39, 0.29) is 6.04 Å². The van der Waals surface area contributed by atoms with Crippen LogP contribution < -0.4 is 5.32 Å². The van der Waals surface area contributed by atoms with Gasteiger partial charge in [-0.1, -0.05) is 11.2 Å². The van der Waals surface area contributed by atoms with Crippen LogP contribution in [0.25, 0.3) is 10.7 Å². The van der Waals surface area contributed by atoms with Crippen LogP contribution in [0.15, 0.2) is 27.4 Å². The van der Waals surface area contributed by atoms with Crippen LogP contribution in [0.3, 0.4) is 0 Å². The first kappa shape index (κ1) is 13.4. The number of aryl methyl sites for hydroxylation is 1. The lowest BCUT2D eigenvalue weighted by atomic mass is 10.3. The number of nitrogens with one attached hydrogen (secondary N) is 1. The molecule has 3 heterocycles. The summed E-state index contributed by atoms with van der Waals surface area (Å²) in [5, 5.41) is 12.4. The van der Waals surface area contributed by atoms with Gasteiger partial charge in [-0.25, -0.2) is 4.98 Å². The standard InChI is InChI=1S/C13H14N4OS2/c1-8-7-20-13(15-8)9(2)14-6-11-16-12(17-18-11)10-4-3-5-19-10/h3-5,7,9,14H,6H2,1-2H3. The normalized spacial score (nSPS) is 12.7. The lowest BCUT2D eigenvalue weighted by Crippen LogP contribution is -2.18. The Kier molecular flexibility index (Phi) is 3.90.